The third kappa shape index (κ3) is 20.0. The predicted octanol–water partition coefficient (Wildman–Crippen LogP) is 6.77. The second-order valence-electron chi connectivity index (χ2n) is 7.83. The molecule has 0 aromatic rings. The number of hydrogen-bond acceptors (Lipinski definition) is 2. The van der Waals surface area contributed by atoms with Gasteiger partial charge >= 0.3 is 0 Å². The fourth-order valence-electron chi connectivity index (χ4n) is 3.44. The van der Waals surface area contributed by atoms with Gasteiger partial charge in [0.15, 0.2) is 0 Å². The summed E-state index contributed by atoms with van der Waals surface area (Å²) >= 11 is 0. The van der Waals surface area contributed by atoms with Crippen LogP contribution in [0.5, 0.6) is 0 Å². The minimum atomic E-state index is -0.374. The molecule has 2 heteroatoms. The van der Waals surface area contributed by atoms with E-state index in [1.807, 2.05) is 0 Å². The number of hydrogen-bond donors (Lipinski definition) is 2. The summed E-state index contributed by atoms with van der Waals surface area (Å²) in [7, 11) is 0. The van der Waals surface area contributed by atoms with Crippen molar-refractivity contribution in [3.8, 4) is 0 Å². The monoisotopic (exact) mass is 342 g/mol. The van der Waals surface area contributed by atoms with Crippen LogP contribution >= 0.6 is 0 Å². The van der Waals surface area contributed by atoms with E-state index in [1.165, 1.54) is 96.3 Å². The molecule has 0 aliphatic heterocycles. The van der Waals surface area contributed by atoms with Crippen molar-refractivity contribution in [3.63, 3.8) is 0 Å². The highest BCUT2D eigenvalue weighted by Gasteiger charge is 2.07. The van der Waals surface area contributed by atoms with Gasteiger partial charge in [0.1, 0.15) is 0 Å². The Morgan fingerprint density at radius 2 is 0.875 bits per heavy atom. The molecule has 0 aromatic carbocycles. The number of unbranched alkanes of at least 4 members (excludes halogenated alkanes) is 15. The van der Waals surface area contributed by atoms with E-state index in [2.05, 4.69) is 6.92 Å². The molecule has 0 saturated heterocycles. The third-order valence-electron chi connectivity index (χ3n) is 5.00. The first-order chi connectivity index (χ1) is 11.7. The van der Waals surface area contributed by atoms with Gasteiger partial charge in [-0.25, -0.2) is 0 Å². The molecular weight excluding hydrogens is 296 g/mol. The Morgan fingerprint density at radius 3 is 1.21 bits per heavy atom. The van der Waals surface area contributed by atoms with E-state index in [4.69, 9.17) is 0 Å². The van der Waals surface area contributed by atoms with Crippen LogP contribution in [0.1, 0.15) is 129 Å². The maximum Gasteiger partial charge on any atom is 0.0564 e. The van der Waals surface area contributed by atoms with Crippen LogP contribution < -0.4 is 0 Å². The lowest BCUT2D eigenvalue weighted by atomic mass is 10.0. The third-order valence-corrected chi connectivity index (χ3v) is 5.00. The average molecular weight is 343 g/mol. The summed E-state index contributed by atoms with van der Waals surface area (Å²) in [4.78, 5) is 0. The van der Waals surface area contributed by atoms with E-state index in [1.54, 1.807) is 6.92 Å². The Bertz CT molecular complexity index is 228. The molecule has 0 rings (SSSR count). The van der Waals surface area contributed by atoms with Crippen molar-refractivity contribution in [2.75, 3.05) is 0 Å². The van der Waals surface area contributed by atoms with Gasteiger partial charge in [0.25, 0.3) is 0 Å². The van der Waals surface area contributed by atoms with E-state index >= 15 is 0 Å². The Hall–Kier alpha value is -0.0800. The van der Waals surface area contributed by atoms with Crippen molar-refractivity contribution < 1.29 is 10.2 Å². The maximum atomic E-state index is 9.67. The van der Waals surface area contributed by atoms with Gasteiger partial charge in [-0.2, -0.15) is 0 Å². The molecule has 0 heterocycles. The summed E-state index contributed by atoms with van der Waals surface area (Å²) in [6, 6.07) is 0. The van der Waals surface area contributed by atoms with Crippen LogP contribution in [0, 0.1) is 0 Å². The molecule has 0 saturated carbocycles. The molecule has 2 nitrogen and oxygen atoms in total. The van der Waals surface area contributed by atoms with Gasteiger partial charge in [0, 0.05) is 0 Å². The highest BCUT2D eigenvalue weighted by Crippen LogP contribution is 2.15. The van der Waals surface area contributed by atoms with E-state index in [9.17, 15) is 10.2 Å². The van der Waals surface area contributed by atoms with Gasteiger partial charge in [0.05, 0.1) is 12.2 Å². The lowest BCUT2D eigenvalue weighted by molar-refractivity contribution is 0.0834. The van der Waals surface area contributed by atoms with Gasteiger partial charge in [-0.15, -0.1) is 0 Å². The van der Waals surface area contributed by atoms with Crippen molar-refractivity contribution >= 4 is 0 Å². The van der Waals surface area contributed by atoms with Crippen LogP contribution in [0.25, 0.3) is 0 Å². The Balaban J connectivity index is 3.05. The average Bonchev–Trinajstić information content (AvgIpc) is 2.53. The van der Waals surface area contributed by atoms with Crippen molar-refractivity contribution in [2.24, 2.45) is 0 Å². The van der Waals surface area contributed by atoms with Crippen LogP contribution in [0.4, 0.5) is 0 Å². The van der Waals surface area contributed by atoms with Gasteiger partial charge in [-0.1, -0.05) is 110 Å². The van der Waals surface area contributed by atoms with Crippen molar-refractivity contribution in [2.45, 2.75) is 142 Å². The largest absolute Gasteiger partial charge is 0.393 e. The van der Waals surface area contributed by atoms with E-state index in [0.29, 0.717) is 6.42 Å². The minimum Gasteiger partial charge on any atom is -0.393 e. The first-order valence-corrected chi connectivity index (χ1v) is 11.0. The lowest BCUT2D eigenvalue weighted by Crippen LogP contribution is -2.14. The molecule has 0 aromatic heterocycles. The lowest BCUT2D eigenvalue weighted by Gasteiger charge is -2.11. The zero-order valence-electron chi connectivity index (χ0n) is 16.8. The van der Waals surface area contributed by atoms with E-state index in [0.717, 1.165) is 12.8 Å². The van der Waals surface area contributed by atoms with E-state index in [-0.39, 0.29) is 12.2 Å². The minimum absolute atomic E-state index is 0.309. The summed E-state index contributed by atoms with van der Waals surface area (Å²) in [6.07, 6.45) is 22.8. The van der Waals surface area contributed by atoms with Crippen molar-refractivity contribution in [1.82, 2.24) is 0 Å². The molecule has 0 radical (unpaired) electrons. The molecule has 146 valence electrons. The van der Waals surface area contributed by atoms with Crippen LogP contribution in [-0.4, -0.2) is 22.4 Å². The number of aliphatic hydroxyl groups excluding tert-OH is 2. The molecule has 0 amide bonds. The molecule has 2 N–H and O–H groups in total. The summed E-state index contributed by atoms with van der Waals surface area (Å²) in [5, 5.41) is 18.9. The molecule has 2 unspecified atom stereocenters. The van der Waals surface area contributed by atoms with Crippen LogP contribution in [-0.2, 0) is 0 Å². The maximum absolute atomic E-state index is 9.67. The molecule has 0 aliphatic rings. The highest BCUT2D eigenvalue weighted by atomic mass is 16.3. The first kappa shape index (κ1) is 23.9. The molecule has 0 bridgehead atoms. The van der Waals surface area contributed by atoms with Gasteiger partial charge in [-0.05, 0) is 19.8 Å². The first-order valence-electron chi connectivity index (χ1n) is 11.0. The van der Waals surface area contributed by atoms with Gasteiger partial charge < -0.3 is 10.2 Å². The Labute approximate surface area is 152 Å². The zero-order chi connectivity index (χ0) is 17.9. The second kappa shape index (κ2) is 19.2. The summed E-state index contributed by atoms with van der Waals surface area (Å²) in [6.45, 7) is 4.03. The smallest absolute Gasteiger partial charge is 0.0564 e. The molecule has 0 spiro atoms. The topological polar surface area (TPSA) is 40.5 Å². The van der Waals surface area contributed by atoms with Crippen molar-refractivity contribution in [3.05, 3.63) is 0 Å². The molecule has 2 atom stereocenters. The second-order valence-corrected chi connectivity index (χ2v) is 7.83. The van der Waals surface area contributed by atoms with Crippen LogP contribution in [0.2, 0.25) is 0 Å². The van der Waals surface area contributed by atoms with Crippen molar-refractivity contribution in [1.29, 1.82) is 0 Å². The van der Waals surface area contributed by atoms with E-state index < -0.39 is 0 Å². The van der Waals surface area contributed by atoms with Crippen LogP contribution in [0.15, 0.2) is 0 Å². The number of rotatable bonds is 19. The molecule has 0 aliphatic carbocycles. The highest BCUT2D eigenvalue weighted by molar-refractivity contribution is 4.60. The quantitative estimate of drug-likeness (QED) is 0.254. The molecule has 0 fully saturated rings. The normalized spacial score (nSPS) is 14.0. The van der Waals surface area contributed by atoms with Gasteiger partial charge in [0.2, 0.25) is 0 Å². The Morgan fingerprint density at radius 1 is 0.542 bits per heavy atom. The summed E-state index contributed by atoms with van der Waals surface area (Å²) < 4.78 is 0. The SMILES string of the molecule is CCCCCCCCCCCCCCCCCCC(O)CC(C)O. The molecule has 24 heavy (non-hydrogen) atoms. The van der Waals surface area contributed by atoms with Gasteiger partial charge in [-0.3, -0.25) is 0 Å². The fraction of sp³-hybridized carbons (Fsp3) is 1.00. The predicted molar refractivity (Wildman–Crippen MR) is 106 cm³/mol. The summed E-state index contributed by atoms with van der Waals surface area (Å²) in [5.41, 5.74) is 0. The summed E-state index contributed by atoms with van der Waals surface area (Å²) in [5.74, 6) is 0. The molecular formula is C22H46O2. The standard InChI is InChI=1S/C22H46O2/c1-3-4-5-6-7-8-9-10-11-12-13-14-15-16-17-18-19-22(24)20-21(2)23/h21-24H,3-20H2,1-2H3. The fourth-order valence-corrected chi connectivity index (χ4v) is 3.44. The number of aliphatic hydroxyl groups is 2. The Kier molecular flexibility index (Phi) is 19.2. The van der Waals surface area contributed by atoms with Crippen LogP contribution in [0.3, 0.4) is 0 Å². The zero-order valence-corrected chi connectivity index (χ0v) is 16.8.